The van der Waals surface area contributed by atoms with Gasteiger partial charge in [0.25, 0.3) is 0 Å². The maximum absolute atomic E-state index is 13.4. The maximum Gasteiger partial charge on any atom is 0.227 e. The lowest BCUT2D eigenvalue weighted by Crippen LogP contribution is -2.47. The number of hydrogen-bond acceptors (Lipinski definition) is 3. The van der Waals surface area contributed by atoms with Gasteiger partial charge < -0.3 is 14.5 Å². The summed E-state index contributed by atoms with van der Waals surface area (Å²) in [7, 11) is 1.67. The summed E-state index contributed by atoms with van der Waals surface area (Å²) in [6.07, 6.45) is 4.13. The molecule has 0 saturated carbocycles. The second kappa shape index (κ2) is 9.33. The largest absolute Gasteiger partial charge is 0.497 e. The molecule has 2 heterocycles. The van der Waals surface area contributed by atoms with E-state index in [4.69, 9.17) is 4.74 Å². The van der Waals surface area contributed by atoms with Gasteiger partial charge in [-0.25, -0.2) is 0 Å². The monoisotopic (exact) mass is 406 g/mol. The minimum absolute atomic E-state index is 0.1000. The molecular formula is C25H30N2O3. The molecule has 2 amide bonds. The number of ether oxygens (including phenoxy) is 1. The van der Waals surface area contributed by atoms with Crippen LogP contribution in [0.4, 0.5) is 0 Å². The van der Waals surface area contributed by atoms with Gasteiger partial charge in [0, 0.05) is 19.6 Å². The molecule has 2 aliphatic rings. The molecule has 4 rings (SSSR count). The van der Waals surface area contributed by atoms with Crippen molar-refractivity contribution in [1.82, 2.24) is 9.80 Å². The van der Waals surface area contributed by atoms with Gasteiger partial charge in [-0.05, 0) is 48.9 Å². The van der Waals surface area contributed by atoms with E-state index in [2.05, 4.69) is 6.07 Å². The predicted octanol–water partition coefficient (Wildman–Crippen LogP) is 3.84. The van der Waals surface area contributed by atoms with Crippen LogP contribution in [0.15, 0.2) is 54.6 Å². The van der Waals surface area contributed by atoms with E-state index < -0.39 is 0 Å². The second-order valence-corrected chi connectivity index (χ2v) is 8.31. The van der Waals surface area contributed by atoms with Crippen LogP contribution < -0.4 is 4.74 Å². The summed E-state index contributed by atoms with van der Waals surface area (Å²) in [4.78, 5) is 30.1. The third-order valence-electron chi connectivity index (χ3n) is 6.34. The van der Waals surface area contributed by atoms with Crippen LogP contribution in [0.5, 0.6) is 5.75 Å². The zero-order valence-electron chi connectivity index (χ0n) is 17.6. The van der Waals surface area contributed by atoms with Gasteiger partial charge in [-0.1, -0.05) is 42.5 Å². The molecule has 5 heteroatoms. The zero-order chi connectivity index (χ0) is 20.9. The lowest BCUT2D eigenvalue weighted by molar-refractivity contribution is -0.141. The lowest BCUT2D eigenvalue weighted by Gasteiger charge is -2.36. The van der Waals surface area contributed by atoms with Gasteiger partial charge in [-0.3, -0.25) is 9.59 Å². The number of carbonyl (C=O) groups is 2. The third-order valence-corrected chi connectivity index (χ3v) is 6.34. The highest BCUT2D eigenvalue weighted by Gasteiger charge is 2.36. The molecule has 2 fully saturated rings. The van der Waals surface area contributed by atoms with Crippen molar-refractivity contribution in [2.75, 3.05) is 26.7 Å². The van der Waals surface area contributed by atoms with Crippen LogP contribution in [0.2, 0.25) is 0 Å². The highest BCUT2D eigenvalue weighted by atomic mass is 16.5. The Hall–Kier alpha value is -2.82. The molecule has 158 valence electrons. The zero-order valence-corrected chi connectivity index (χ0v) is 17.6. The van der Waals surface area contributed by atoms with Crippen LogP contribution in [-0.2, 0) is 16.0 Å². The molecule has 2 unspecified atom stereocenters. The fourth-order valence-electron chi connectivity index (χ4n) is 4.75. The first-order valence-electron chi connectivity index (χ1n) is 10.9. The summed E-state index contributed by atoms with van der Waals surface area (Å²) in [5.74, 6) is 1.02. The quantitative estimate of drug-likeness (QED) is 0.758. The van der Waals surface area contributed by atoms with Gasteiger partial charge in [0.05, 0.1) is 25.5 Å². The summed E-state index contributed by atoms with van der Waals surface area (Å²) in [5.41, 5.74) is 2.15. The normalized spacial score (nSPS) is 21.5. The smallest absolute Gasteiger partial charge is 0.227 e. The number of rotatable bonds is 5. The van der Waals surface area contributed by atoms with E-state index in [1.54, 1.807) is 7.11 Å². The van der Waals surface area contributed by atoms with Gasteiger partial charge in [-0.15, -0.1) is 0 Å². The number of likely N-dealkylation sites (tertiary alicyclic amines) is 2. The molecule has 30 heavy (non-hydrogen) atoms. The number of methoxy groups -OCH3 is 1. The summed E-state index contributed by atoms with van der Waals surface area (Å²) in [6.45, 7) is 2.07. The molecule has 5 nitrogen and oxygen atoms in total. The van der Waals surface area contributed by atoms with E-state index in [0.29, 0.717) is 13.0 Å². The van der Waals surface area contributed by atoms with Crippen LogP contribution in [0.1, 0.15) is 42.9 Å². The Labute approximate surface area is 178 Å². The summed E-state index contributed by atoms with van der Waals surface area (Å²) >= 11 is 0. The molecule has 2 aliphatic heterocycles. The number of amides is 2. The molecule has 2 aromatic carbocycles. The fourth-order valence-corrected chi connectivity index (χ4v) is 4.75. The van der Waals surface area contributed by atoms with Crippen LogP contribution in [0.25, 0.3) is 0 Å². The van der Waals surface area contributed by atoms with Crippen LogP contribution >= 0.6 is 0 Å². The number of carbonyl (C=O) groups excluding carboxylic acids is 2. The molecule has 0 radical (unpaired) electrons. The Morgan fingerprint density at radius 3 is 2.60 bits per heavy atom. The Balaban J connectivity index is 1.42. The number of nitrogens with zero attached hydrogens (tertiary/aromatic N) is 2. The van der Waals surface area contributed by atoms with Crippen molar-refractivity contribution < 1.29 is 14.3 Å². The van der Waals surface area contributed by atoms with Crippen LogP contribution in [-0.4, -0.2) is 48.4 Å². The number of hydrogen-bond donors (Lipinski definition) is 0. The SMILES string of the molecule is COc1cccc(C2CCCN2C(=O)C2CCCN(C(=O)Cc3ccccc3)C2)c1. The average molecular weight is 407 g/mol. The minimum Gasteiger partial charge on any atom is -0.497 e. The molecular weight excluding hydrogens is 376 g/mol. The second-order valence-electron chi connectivity index (χ2n) is 8.31. The first-order chi connectivity index (χ1) is 14.7. The molecule has 0 spiro atoms. The van der Waals surface area contributed by atoms with E-state index in [-0.39, 0.29) is 23.8 Å². The van der Waals surface area contributed by atoms with Crippen molar-refractivity contribution in [3.05, 3.63) is 65.7 Å². The van der Waals surface area contributed by atoms with Gasteiger partial charge in [0.15, 0.2) is 0 Å². The molecule has 2 aromatic rings. The van der Waals surface area contributed by atoms with Gasteiger partial charge in [0.1, 0.15) is 5.75 Å². The summed E-state index contributed by atoms with van der Waals surface area (Å²) in [6, 6.07) is 18.0. The highest BCUT2D eigenvalue weighted by Crippen LogP contribution is 2.35. The summed E-state index contributed by atoms with van der Waals surface area (Å²) < 4.78 is 5.37. The first kappa shape index (κ1) is 20.5. The highest BCUT2D eigenvalue weighted by molar-refractivity contribution is 5.83. The van der Waals surface area contributed by atoms with Crippen LogP contribution in [0, 0.1) is 5.92 Å². The molecule has 0 bridgehead atoms. The molecule has 2 saturated heterocycles. The Morgan fingerprint density at radius 1 is 1.00 bits per heavy atom. The Kier molecular flexibility index (Phi) is 6.36. The van der Waals surface area contributed by atoms with Crippen molar-refractivity contribution in [1.29, 1.82) is 0 Å². The van der Waals surface area contributed by atoms with Crippen molar-refractivity contribution in [2.45, 2.75) is 38.1 Å². The fraction of sp³-hybridized carbons (Fsp3) is 0.440. The van der Waals surface area contributed by atoms with E-state index >= 15 is 0 Å². The van der Waals surface area contributed by atoms with Gasteiger partial charge in [0.2, 0.25) is 11.8 Å². The molecule has 0 aromatic heterocycles. The minimum atomic E-state index is -0.107. The molecule has 2 atom stereocenters. The van der Waals surface area contributed by atoms with Crippen molar-refractivity contribution in [2.24, 2.45) is 5.92 Å². The standard InChI is InChI=1S/C25H30N2O3/c1-30-22-12-5-10-20(17-22)23-13-7-15-27(23)25(29)21-11-6-14-26(18-21)24(28)16-19-8-3-2-4-9-19/h2-5,8-10,12,17,21,23H,6-7,11,13-16,18H2,1H3. The topological polar surface area (TPSA) is 49.9 Å². The van der Waals surface area contributed by atoms with Gasteiger partial charge in [-0.2, -0.15) is 0 Å². The molecule has 0 aliphatic carbocycles. The Bertz CT molecular complexity index is 883. The number of benzene rings is 2. The summed E-state index contributed by atoms with van der Waals surface area (Å²) in [5, 5.41) is 0. The van der Waals surface area contributed by atoms with E-state index in [1.807, 2.05) is 58.3 Å². The van der Waals surface area contributed by atoms with Crippen molar-refractivity contribution >= 4 is 11.8 Å². The Morgan fingerprint density at radius 2 is 1.80 bits per heavy atom. The van der Waals surface area contributed by atoms with Crippen molar-refractivity contribution in [3.8, 4) is 5.75 Å². The first-order valence-corrected chi connectivity index (χ1v) is 10.9. The predicted molar refractivity (Wildman–Crippen MR) is 116 cm³/mol. The number of piperidine rings is 1. The molecule has 0 N–H and O–H groups in total. The van der Waals surface area contributed by atoms with Gasteiger partial charge >= 0.3 is 0 Å². The lowest BCUT2D eigenvalue weighted by atomic mass is 9.94. The van der Waals surface area contributed by atoms with Crippen LogP contribution in [0.3, 0.4) is 0 Å². The van der Waals surface area contributed by atoms with E-state index in [9.17, 15) is 9.59 Å². The third kappa shape index (κ3) is 4.50. The van der Waals surface area contributed by atoms with Crippen molar-refractivity contribution in [3.63, 3.8) is 0 Å². The average Bonchev–Trinajstić information content (AvgIpc) is 3.29. The van der Waals surface area contributed by atoms with E-state index in [0.717, 1.165) is 55.6 Å². The maximum atomic E-state index is 13.4. The van der Waals surface area contributed by atoms with E-state index in [1.165, 1.54) is 0 Å².